The van der Waals surface area contributed by atoms with Gasteiger partial charge in [-0.3, -0.25) is 4.79 Å². The first-order chi connectivity index (χ1) is 13.5. The van der Waals surface area contributed by atoms with E-state index in [0.717, 1.165) is 5.69 Å². The SMILES string of the molecule is CC(C)Oc1ccccc1NC(=O)c1ccnc(Nc2ccc(C#N)cc2)c1. The molecule has 0 spiro atoms. The second-order valence-electron chi connectivity index (χ2n) is 6.36. The van der Waals surface area contributed by atoms with Gasteiger partial charge in [-0.05, 0) is 62.4 Å². The van der Waals surface area contributed by atoms with E-state index in [2.05, 4.69) is 21.7 Å². The normalized spacial score (nSPS) is 10.2. The number of carbonyl (C=O) groups excluding carboxylic acids is 1. The molecular formula is C22H20N4O2. The van der Waals surface area contributed by atoms with E-state index in [1.165, 1.54) is 0 Å². The number of hydrogen-bond acceptors (Lipinski definition) is 5. The monoisotopic (exact) mass is 372 g/mol. The second kappa shape index (κ2) is 8.69. The number of amides is 1. The highest BCUT2D eigenvalue weighted by molar-refractivity contribution is 6.05. The molecule has 140 valence electrons. The van der Waals surface area contributed by atoms with Crippen LogP contribution in [0.4, 0.5) is 17.2 Å². The van der Waals surface area contributed by atoms with Crippen molar-refractivity contribution in [2.24, 2.45) is 0 Å². The lowest BCUT2D eigenvalue weighted by Gasteiger charge is -2.15. The summed E-state index contributed by atoms with van der Waals surface area (Å²) < 4.78 is 5.74. The van der Waals surface area contributed by atoms with E-state index < -0.39 is 0 Å². The average molecular weight is 372 g/mol. The van der Waals surface area contributed by atoms with Gasteiger partial charge in [-0.15, -0.1) is 0 Å². The highest BCUT2D eigenvalue weighted by Gasteiger charge is 2.11. The average Bonchev–Trinajstić information content (AvgIpc) is 2.70. The number of para-hydroxylation sites is 2. The van der Waals surface area contributed by atoms with Crippen LogP contribution in [-0.2, 0) is 0 Å². The molecule has 3 aromatic rings. The summed E-state index contributed by atoms with van der Waals surface area (Å²) in [5, 5.41) is 14.9. The molecule has 0 unspecified atom stereocenters. The summed E-state index contributed by atoms with van der Waals surface area (Å²) in [4.78, 5) is 16.9. The van der Waals surface area contributed by atoms with Crippen molar-refractivity contribution in [3.8, 4) is 11.8 Å². The topological polar surface area (TPSA) is 87.0 Å². The Morgan fingerprint density at radius 3 is 2.57 bits per heavy atom. The van der Waals surface area contributed by atoms with Crippen LogP contribution < -0.4 is 15.4 Å². The van der Waals surface area contributed by atoms with Gasteiger partial charge in [-0.2, -0.15) is 5.26 Å². The lowest BCUT2D eigenvalue weighted by atomic mass is 10.2. The van der Waals surface area contributed by atoms with Crippen LogP contribution in [0.1, 0.15) is 29.8 Å². The molecule has 6 nitrogen and oxygen atoms in total. The van der Waals surface area contributed by atoms with E-state index in [1.54, 1.807) is 48.7 Å². The van der Waals surface area contributed by atoms with Gasteiger partial charge < -0.3 is 15.4 Å². The summed E-state index contributed by atoms with van der Waals surface area (Å²) in [5.74, 6) is 0.894. The summed E-state index contributed by atoms with van der Waals surface area (Å²) in [7, 11) is 0. The number of carbonyl (C=O) groups is 1. The number of benzene rings is 2. The molecule has 0 aliphatic rings. The zero-order chi connectivity index (χ0) is 19.9. The molecule has 0 radical (unpaired) electrons. The number of rotatable bonds is 6. The molecule has 0 fully saturated rings. The molecule has 0 saturated carbocycles. The van der Waals surface area contributed by atoms with Gasteiger partial charge in [-0.1, -0.05) is 12.1 Å². The fourth-order valence-corrected chi connectivity index (χ4v) is 2.54. The first-order valence-electron chi connectivity index (χ1n) is 8.85. The van der Waals surface area contributed by atoms with Gasteiger partial charge in [0.2, 0.25) is 0 Å². The minimum atomic E-state index is -0.259. The van der Waals surface area contributed by atoms with Gasteiger partial charge in [0.25, 0.3) is 5.91 Å². The molecule has 0 aliphatic heterocycles. The Morgan fingerprint density at radius 2 is 1.86 bits per heavy atom. The summed E-state index contributed by atoms with van der Waals surface area (Å²) in [6, 6.07) is 19.7. The fourth-order valence-electron chi connectivity index (χ4n) is 2.54. The Kier molecular flexibility index (Phi) is 5.87. The number of hydrogen-bond donors (Lipinski definition) is 2. The first-order valence-corrected chi connectivity index (χ1v) is 8.85. The summed E-state index contributed by atoms with van der Waals surface area (Å²) in [6.45, 7) is 3.87. The molecule has 0 bridgehead atoms. The molecule has 1 amide bonds. The quantitative estimate of drug-likeness (QED) is 0.653. The van der Waals surface area contributed by atoms with Crippen LogP contribution in [0.5, 0.6) is 5.75 Å². The van der Waals surface area contributed by atoms with Crippen molar-refractivity contribution in [1.29, 1.82) is 5.26 Å². The first kappa shape index (κ1) is 18.9. The molecular weight excluding hydrogens is 352 g/mol. The fraction of sp³-hybridized carbons (Fsp3) is 0.136. The van der Waals surface area contributed by atoms with Gasteiger partial charge >= 0.3 is 0 Å². The third-order valence-corrected chi connectivity index (χ3v) is 3.81. The van der Waals surface area contributed by atoms with Gasteiger partial charge in [-0.25, -0.2) is 4.98 Å². The lowest BCUT2D eigenvalue weighted by Crippen LogP contribution is -2.14. The van der Waals surface area contributed by atoms with Crippen molar-refractivity contribution >= 4 is 23.1 Å². The van der Waals surface area contributed by atoms with E-state index in [-0.39, 0.29) is 12.0 Å². The minimum absolute atomic E-state index is 0.00204. The van der Waals surface area contributed by atoms with E-state index in [4.69, 9.17) is 10.00 Å². The van der Waals surface area contributed by atoms with Crippen molar-refractivity contribution in [3.63, 3.8) is 0 Å². The van der Waals surface area contributed by atoms with Crippen molar-refractivity contribution in [2.45, 2.75) is 20.0 Å². The van der Waals surface area contributed by atoms with E-state index in [1.807, 2.05) is 32.0 Å². The molecule has 2 aromatic carbocycles. The van der Waals surface area contributed by atoms with Crippen LogP contribution in [0.25, 0.3) is 0 Å². The summed E-state index contributed by atoms with van der Waals surface area (Å²) in [5.41, 5.74) is 2.43. The third kappa shape index (κ3) is 4.86. The van der Waals surface area contributed by atoms with Gasteiger partial charge in [0.15, 0.2) is 0 Å². The maximum atomic E-state index is 12.7. The Balaban J connectivity index is 1.75. The molecule has 0 atom stereocenters. The van der Waals surface area contributed by atoms with Crippen LogP contribution >= 0.6 is 0 Å². The minimum Gasteiger partial charge on any atom is -0.489 e. The van der Waals surface area contributed by atoms with Crippen LogP contribution in [0.3, 0.4) is 0 Å². The van der Waals surface area contributed by atoms with Gasteiger partial charge in [0.05, 0.1) is 23.4 Å². The van der Waals surface area contributed by atoms with E-state index in [9.17, 15) is 4.79 Å². The molecule has 1 heterocycles. The Labute approximate surface area is 163 Å². The number of nitrogens with zero attached hydrogens (tertiary/aromatic N) is 2. The summed E-state index contributed by atoms with van der Waals surface area (Å²) >= 11 is 0. The number of ether oxygens (including phenoxy) is 1. The van der Waals surface area contributed by atoms with Crippen LogP contribution in [0.2, 0.25) is 0 Å². The standard InChI is InChI=1S/C22H20N4O2/c1-15(2)28-20-6-4-3-5-19(20)26-22(27)17-11-12-24-21(13-17)25-18-9-7-16(14-23)8-10-18/h3-13,15H,1-2H3,(H,24,25)(H,26,27). The Hall–Kier alpha value is -3.85. The smallest absolute Gasteiger partial charge is 0.255 e. The van der Waals surface area contributed by atoms with E-state index >= 15 is 0 Å². The van der Waals surface area contributed by atoms with Crippen molar-refractivity contribution in [2.75, 3.05) is 10.6 Å². The van der Waals surface area contributed by atoms with Crippen LogP contribution in [0, 0.1) is 11.3 Å². The molecule has 1 aromatic heterocycles. The molecule has 28 heavy (non-hydrogen) atoms. The van der Waals surface area contributed by atoms with Crippen molar-refractivity contribution in [3.05, 3.63) is 78.0 Å². The maximum absolute atomic E-state index is 12.7. The zero-order valence-corrected chi connectivity index (χ0v) is 15.6. The zero-order valence-electron chi connectivity index (χ0n) is 15.6. The highest BCUT2D eigenvalue weighted by Crippen LogP contribution is 2.25. The Bertz CT molecular complexity index is 1010. The maximum Gasteiger partial charge on any atom is 0.255 e. The summed E-state index contributed by atoms with van der Waals surface area (Å²) in [6.07, 6.45) is 1.57. The molecule has 3 rings (SSSR count). The van der Waals surface area contributed by atoms with Crippen molar-refractivity contribution in [1.82, 2.24) is 4.98 Å². The number of nitrogens with one attached hydrogen (secondary N) is 2. The third-order valence-electron chi connectivity index (χ3n) is 3.81. The Morgan fingerprint density at radius 1 is 1.11 bits per heavy atom. The molecule has 0 aliphatic carbocycles. The molecule has 6 heteroatoms. The van der Waals surface area contributed by atoms with Crippen molar-refractivity contribution < 1.29 is 9.53 Å². The highest BCUT2D eigenvalue weighted by atomic mass is 16.5. The predicted molar refractivity (Wildman–Crippen MR) is 109 cm³/mol. The second-order valence-corrected chi connectivity index (χ2v) is 6.36. The van der Waals surface area contributed by atoms with Crippen LogP contribution in [0.15, 0.2) is 66.9 Å². The number of aromatic nitrogens is 1. The predicted octanol–water partition coefficient (Wildman–Crippen LogP) is 4.74. The van der Waals surface area contributed by atoms with E-state index in [0.29, 0.717) is 28.4 Å². The van der Waals surface area contributed by atoms with Gasteiger partial charge in [0, 0.05) is 17.4 Å². The largest absolute Gasteiger partial charge is 0.489 e. The lowest BCUT2D eigenvalue weighted by molar-refractivity contribution is 0.102. The van der Waals surface area contributed by atoms with Gasteiger partial charge in [0.1, 0.15) is 11.6 Å². The molecule has 0 saturated heterocycles. The number of nitriles is 1. The number of anilines is 3. The molecule has 2 N–H and O–H groups in total. The number of pyridine rings is 1. The van der Waals surface area contributed by atoms with Crippen LogP contribution in [-0.4, -0.2) is 17.0 Å².